The van der Waals surface area contributed by atoms with E-state index in [0.717, 1.165) is 51.5 Å². The van der Waals surface area contributed by atoms with Crippen LogP contribution < -0.4 is 16.1 Å². The van der Waals surface area contributed by atoms with Gasteiger partial charge in [-0.15, -0.1) is 0 Å². The van der Waals surface area contributed by atoms with Crippen LogP contribution in [0.5, 0.6) is 5.75 Å². The molecule has 0 unspecified atom stereocenters. The zero-order valence-electron chi connectivity index (χ0n) is 24.0. The first-order chi connectivity index (χ1) is 19.6. The van der Waals surface area contributed by atoms with Crippen molar-refractivity contribution in [3.8, 4) is 39.4 Å². The molecule has 0 aliphatic heterocycles. The van der Waals surface area contributed by atoms with Crippen LogP contribution in [0.1, 0.15) is 51.2 Å². The fraction of sp³-hybridized carbons (Fsp3) is 0.273. The van der Waals surface area contributed by atoms with Crippen LogP contribution in [0.15, 0.2) is 86.9 Å². The van der Waals surface area contributed by atoms with Crippen molar-refractivity contribution < 1.29 is 9.26 Å². The van der Waals surface area contributed by atoms with Gasteiger partial charge in [0.15, 0.2) is 5.82 Å². The van der Waals surface area contributed by atoms with Crippen LogP contribution in [0.2, 0.25) is 0 Å². The molecule has 2 aromatic heterocycles. The maximum absolute atomic E-state index is 13.9. The minimum atomic E-state index is -0.598. The Labute approximate surface area is 287 Å². The zero-order chi connectivity index (χ0) is 29.1. The van der Waals surface area contributed by atoms with Gasteiger partial charge in [-0.3, -0.25) is 18.9 Å². The van der Waals surface area contributed by atoms with Crippen LogP contribution >= 0.6 is 0 Å². The van der Waals surface area contributed by atoms with Gasteiger partial charge in [0, 0.05) is 12.0 Å². The average Bonchev–Trinajstić information content (AvgIpc) is 3.37. The molecule has 212 valence electrons. The number of hydrogen-bond acceptors (Lipinski definition) is 6. The molecule has 8 nitrogen and oxygen atoms in total. The summed E-state index contributed by atoms with van der Waals surface area (Å²) in [4.78, 5) is 32.9. The summed E-state index contributed by atoms with van der Waals surface area (Å²) in [6.07, 6.45) is 1.58. The quantitative estimate of drug-likeness (QED) is 0.231. The van der Waals surface area contributed by atoms with Gasteiger partial charge in [0.1, 0.15) is 17.2 Å². The van der Waals surface area contributed by atoms with Crippen LogP contribution in [-0.2, 0) is 13.0 Å². The van der Waals surface area contributed by atoms with E-state index in [4.69, 9.17) is 14.2 Å². The normalized spacial score (nSPS) is 11.3. The number of H-pyrrole nitrogens is 1. The van der Waals surface area contributed by atoms with Crippen molar-refractivity contribution in [2.24, 2.45) is 0 Å². The molecule has 0 aliphatic rings. The summed E-state index contributed by atoms with van der Waals surface area (Å²) in [5.74, 6) is 1.31. The number of aryl methyl sites for hydroxylation is 2. The van der Waals surface area contributed by atoms with Gasteiger partial charge in [-0.05, 0) is 68.5 Å². The Kier molecular flexibility index (Phi) is 10.2. The molecular weight excluding hydrogens is 555 g/mol. The zero-order valence-corrected chi connectivity index (χ0v) is 24.0. The standard InChI is InChI=1S/C33H34N4O4.K.H/c1-6-9-28-34-21(2)29(24-16-18-25(19-17-24)40-33(3,4)5)31(38)37(28)20-22-12-14-23(15-13-22)26-10-7-8-11-27(26)30-35-32(39)41-36-30;;/h7-8,10-19H,6,9,20H2,1-5H3,(H,35,36,39);;. The Hall–Kier alpha value is -3.08. The predicted octanol–water partition coefficient (Wildman–Crippen LogP) is 5.76. The summed E-state index contributed by atoms with van der Waals surface area (Å²) in [6.45, 7) is 10.4. The van der Waals surface area contributed by atoms with Crippen molar-refractivity contribution in [2.75, 3.05) is 0 Å². The van der Waals surface area contributed by atoms with Crippen LogP contribution in [0.3, 0.4) is 0 Å². The van der Waals surface area contributed by atoms with Gasteiger partial charge in [-0.1, -0.05) is 72.7 Å². The van der Waals surface area contributed by atoms with Gasteiger partial charge in [-0.2, -0.15) is 0 Å². The predicted molar refractivity (Wildman–Crippen MR) is 167 cm³/mol. The van der Waals surface area contributed by atoms with Crippen molar-refractivity contribution in [1.82, 2.24) is 19.7 Å². The van der Waals surface area contributed by atoms with E-state index in [9.17, 15) is 9.59 Å². The van der Waals surface area contributed by atoms with Crippen molar-refractivity contribution in [2.45, 2.75) is 59.6 Å². The second-order valence-corrected chi connectivity index (χ2v) is 11.1. The van der Waals surface area contributed by atoms with Gasteiger partial charge >= 0.3 is 57.1 Å². The van der Waals surface area contributed by atoms with E-state index in [1.54, 1.807) is 4.57 Å². The monoisotopic (exact) mass is 590 g/mol. The Balaban J connectivity index is 0.00000405. The second kappa shape index (κ2) is 13.5. The fourth-order valence-electron chi connectivity index (χ4n) is 4.93. The van der Waals surface area contributed by atoms with Crippen molar-refractivity contribution >= 4 is 51.4 Å². The molecule has 0 fully saturated rings. The van der Waals surface area contributed by atoms with Crippen LogP contribution in [0.25, 0.3) is 33.6 Å². The molecule has 3 aromatic carbocycles. The van der Waals surface area contributed by atoms with E-state index >= 15 is 0 Å². The molecule has 0 radical (unpaired) electrons. The average molecular weight is 591 g/mol. The summed E-state index contributed by atoms with van der Waals surface area (Å²) >= 11 is 0. The van der Waals surface area contributed by atoms with E-state index < -0.39 is 5.76 Å². The van der Waals surface area contributed by atoms with E-state index in [1.807, 2.05) is 100 Å². The molecule has 0 spiro atoms. The van der Waals surface area contributed by atoms with E-state index in [0.29, 0.717) is 24.4 Å². The first-order valence-electron chi connectivity index (χ1n) is 13.8. The molecule has 0 saturated carbocycles. The molecule has 0 aliphatic carbocycles. The number of rotatable bonds is 8. The van der Waals surface area contributed by atoms with E-state index in [-0.39, 0.29) is 62.5 Å². The molecule has 1 N–H and O–H groups in total. The van der Waals surface area contributed by atoms with Crippen molar-refractivity contribution in [3.05, 3.63) is 111 Å². The number of ether oxygens (including phenoxy) is 1. The number of aromatic nitrogens is 4. The number of nitrogens with zero attached hydrogens (tertiary/aromatic N) is 3. The first-order valence-corrected chi connectivity index (χ1v) is 13.8. The molecule has 0 amide bonds. The van der Waals surface area contributed by atoms with Crippen LogP contribution in [0, 0.1) is 6.92 Å². The van der Waals surface area contributed by atoms with E-state index in [2.05, 4.69) is 17.1 Å². The van der Waals surface area contributed by atoms with Gasteiger partial charge < -0.3 is 4.74 Å². The molecule has 5 aromatic rings. The molecule has 0 bridgehead atoms. The summed E-state index contributed by atoms with van der Waals surface area (Å²) in [5, 5.41) is 3.85. The van der Waals surface area contributed by atoms with Crippen molar-refractivity contribution in [3.63, 3.8) is 0 Å². The number of nitrogens with one attached hydrogen (secondary N) is 1. The third-order valence-corrected chi connectivity index (χ3v) is 6.70. The number of aromatic amines is 1. The van der Waals surface area contributed by atoms with Crippen molar-refractivity contribution in [1.29, 1.82) is 0 Å². The molecule has 5 rings (SSSR count). The summed E-state index contributed by atoms with van der Waals surface area (Å²) in [6, 6.07) is 23.3. The molecule has 0 saturated heterocycles. The maximum atomic E-state index is 13.9. The van der Waals surface area contributed by atoms with Gasteiger partial charge in [0.2, 0.25) is 0 Å². The summed E-state index contributed by atoms with van der Waals surface area (Å²) < 4.78 is 12.5. The van der Waals surface area contributed by atoms with E-state index in [1.165, 1.54) is 0 Å². The molecule has 2 heterocycles. The first kappa shape index (κ1) is 31.8. The summed E-state index contributed by atoms with van der Waals surface area (Å²) in [5.41, 5.74) is 5.37. The topological polar surface area (TPSA) is 103 Å². The van der Waals surface area contributed by atoms with Crippen LogP contribution in [0.4, 0.5) is 0 Å². The molecule has 0 atom stereocenters. The number of hydrogen-bond donors (Lipinski definition) is 1. The van der Waals surface area contributed by atoms with Gasteiger partial charge in [-0.25, -0.2) is 9.78 Å². The molecule has 42 heavy (non-hydrogen) atoms. The summed E-state index contributed by atoms with van der Waals surface area (Å²) in [7, 11) is 0. The van der Waals surface area contributed by atoms with Gasteiger partial charge in [0.05, 0.1) is 17.8 Å². The van der Waals surface area contributed by atoms with Gasteiger partial charge in [0.25, 0.3) is 5.56 Å². The third kappa shape index (κ3) is 7.27. The Morgan fingerprint density at radius 2 is 1.55 bits per heavy atom. The minimum absolute atomic E-state index is 0. The SMILES string of the molecule is CCCc1nc(C)c(-c2ccc(OC(C)(C)C)cc2)c(=O)n1Cc1ccc(-c2ccccc2-c2noc(=O)[nH]2)cc1.[KH]. The third-order valence-electron chi connectivity index (χ3n) is 6.70. The second-order valence-electron chi connectivity index (χ2n) is 11.1. The number of benzene rings is 3. The molecule has 9 heteroatoms. The Bertz CT molecular complexity index is 1780. The Morgan fingerprint density at radius 3 is 2.14 bits per heavy atom. The van der Waals surface area contributed by atoms with Crippen LogP contribution in [-0.4, -0.2) is 76.7 Å². The fourth-order valence-corrected chi connectivity index (χ4v) is 4.93. The Morgan fingerprint density at radius 1 is 0.905 bits per heavy atom. The molecular formula is C33H35KN4O4.